The van der Waals surface area contributed by atoms with Crippen molar-refractivity contribution in [2.45, 2.75) is 0 Å². The van der Waals surface area contributed by atoms with Gasteiger partial charge in [0, 0.05) is 4.70 Å². The van der Waals surface area contributed by atoms with Gasteiger partial charge < -0.3 is 5.73 Å². The standard InChI is InChI=1S/C10H9ClN2S/c11-6-10(12)13-8-2-1-7-3-4-14-9(7)5-8/h1-5H,6H2,(H2,12,13). The van der Waals surface area contributed by atoms with Crippen LogP contribution < -0.4 is 5.73 Å². The summed E-state index contributed by atoms with van der Waals surface area (Å²) >= 11 is 7.24. The summed E-state index contributed by atoms with van der Waals surface area (Å²) in [5, 5.41) is 3.29. The number of nitrogens with two attached hydrogens (primary N) is 1. The van der Waals surface area contributed by atoms with Crippen molar-refractivity contribution in [3.63, 3.8) is 0 Å². The molecule has 0 saturated heterocycles. The van der Waals surface area contributed by atoms with Crippen molar-refractivity contribution >= 4 is 44.5 Å². The van der Waals surface area contributed by atoms with Crippen LogP contribution in [0.25, 0.3) is 10.1 Å². The first kappa shape index (κ1) is 9.49. The number of amidine groups is 1. The lowest BCUT2D eigenvalue weighted by Crippen LogP contribution is -2.12. The molecule has 0 radical (unpaired) electrons. The Morgan fingerprint density at radius 1 is 1.43 bits per heavy atom. The quantitative estimate of drug-likeness (QED) is 0.475. The lowest BCUT2D eigenvalue weighted by atomic mass is 10.2. The molecule has 2 nitrogen and oxygen atoms in total. The van der Waals surface area contributed by atoms with Gasteiger partial charge in [0.2, 0.25) is 0 Å². The Balaban J connectivity index is 2.44. The highest BCUT2D eigenvalue weighted by Gasteiger charge is 1.96. The average Bonchev–Trinajstić information content (AvgIpc) is 2.64. The zero-order chi connectivity index (χ0) is 9.97. The molecule has 0 amide bonds. The molecule has 72 valence electrons. The Hall–Kier alpha value is -1.06. The third-order valence-corrected chi connectivity index (χ3v) is 3.00. The van der Waals surface area contributed by atoms with Crippen LogP contribution in [0.5, 0.6) is 0 Å². The predicted molar refractivity (Wildman–Crippen MR) is 63.8 cm³/mol. The molecule has 4 heteroatoms. The van der Waals surface area contributed by atoms with Crippen molar-refractivity contribution in [2.24, 2.45) is 10.7 Å². The first-order valence-corrected chi connectivity index (χ1v) is 5.57. The fourth-order valence-electron chi connectivity index (χ4n) is 1.21. The van der Waals surface area contributed by atoms with Crippen molar-refractivity contribution in [3.8, 4) is 0 Å². The summed E-state index contributed by atoms with van der Waals surface area (Å²) < 4.78 is 1.22. The molecule has 1 aromatic carbocycles. The molecule has 0 bridgehead atoms. The number of rotatable bonds is 2. The molecule has 1 heterocycles. The van der Waals surface area contributed by atoms with E-state index in [1.54, 1.807) is 11.3 Å². The Kier molecular flexibility index (Phi) is 2.70. The molecule has 0 saturated carbocycles. The SMILES string of the molecule is NC(CCl)=Nc1ccc2ccsc2c1. The van der Waals surface area contributed by atoms with Crippen LogP contribution in [0.3, 0.4) is 0 Å². The van der Waals surface area contributed by atoms with E-state index >= 15 is 0 Å². The van der Waals surface area contributed by atoms with Gasteiger partial charge in [0.05, 0.1) is 11.6 Å². The van der Waals surface area contributed by atoms with Gasteiger partial charge in [-0.05, 0) is 29.0 Å². The Morgan fingerprint density at radius 2 is 2.29 bits per heavy atom. The highest BCUT2D eigenvalue weighted by atomic mass is 35.5. The number of hydrogen-bond donors (Lipinski definition) is 1. The Bertz CT molecular complexity index is 476. The Morgan fingerprint density at radius 3 is 3.07 bits per heavy atom. The zero-order valence-corrected chi connectivity index (χ0v) is 8.98. The molecule has 2 rings (SSSR count). The van der Waals surface area contributed by atoms with E-state index in [2.05, 4.69) is 16.4 Å². The molecular formula is C10H9ClN2S. The Labute approximate surface area is 91.0 Å². The third-order valence-electron chi connectivity index (χ3n) is 1.85. The summed E-state index contributed by atoms with van der Waals surface area (Å²) in [5.74, 6) is 0.713. The molecule has 0 atom stereocenters. The maximum absolute atomic E-state index is 5.55. The van der Waals surface area contributed by atoms with E-state index in [4.69, 9.17) is 17.3 Å². The van der Waals surface area contributed by atoms with Crippen LogP contribution >= 0.6 is 22.9 Å². The number of hydrogen-bond acceptors (Lipinski definition) is 2. The van der Waals surface area contributed by atoms with Gasteiger partial charge in [-0.15, -0.1) is 22.9 Å². The fraction of sp³-hybridized carbons (Fsp3) is 0.100. The first-order valence-electron chi connectivity index (χ1n) is 4.16. The number of thiophene rings is 1. The molecule has 0 spiro atoms. The summed E-state index contributed by atoms with van der Waals surface area (Å²) in [6.45, 7) is 0. The molecule has 2 aromatic rings. The second kappa shape index (κ2) is 3.98. The number of benzene rings is 1. The molecular weight excluding hydrogens is 216 g/mol. The largest absolute Gasteiger partial charge is 0.386 e. The maximum atomic E-state index is 5.55. The van der Waals surface area contributed by atoms with Crippen molar-refractivity contribution in [2.75, 3.05) is 5.88 Å². The zero-order valence-electron chi connectivity index (χ0n) is 7.40. The van der Waals surface area contributed by atoms with Crippen LogP contribution in [0.4, 0.5) is 5.69 Å². The summed E-state index contributed by atoms with van der Waals surface area (Å²) in [5.41, 5.74) is 6.41. The summed E-state index contributed by atoms with van der Waals surface area (Å²) in [4.78, 5) is 4.18. The van der Waals surface area contributed by atoms with E-state index in [1.807, 2.05) is 18.2 Å². The second-order valence-electron chi connectivity index (χ2n) is 2.88. The van der Waals surface area contributed by atoms with Gasteiger partial charge in [0.25, 0.3) is 0 Å². The first-order chi connectivity index (χ1) is 6.79. The average molecular weight is 225 g/mol. The van der Waals surface area contributed by atoms with Gasteiger partial charge in [0.15, 0.2) is 0 Å². The van der Waals surface area contributed by atoms with Crippen LogP contribution in [-0.4, -0.2) is 11.7 Å². The van der Waals surface area contributed by atoms with Crippen LogP contribution in [0.2, 0.25) is 0 Å². The van der Waals surface area contributed by atoms with Crippen molar-refractivity contribution in [1.29, 1.82) is 0 Å². The predicted octanol–water partition coefficient (Wildman–Crippen LogP) is 3.13. The minimum Gasteiger partial charge on any atom is -0.386 e. The summed E-state index contributed by atoms with van der Waals surface area (Å²) in [6, 6.07) is 8.07. The monoisotopic (exact) mass is 224 g/mol. The van der Waals surface area contributed by atoms with E-state index in [1.165, 1.54) is 10.1 Å². The summed E-state index contributed by atoms with van der Waals surface area (Å²) in [7, 11) is 0. The van der Waals surface area contributed by atoms with Gasteiger partial charge in [-0.3, -0.25) is 0 Å². The maximum Gasteiger partial charge on any atom is 0.115 e. The topological polar surface area (TPSA) is 38.4 Å². The van der Waals surface area contributed by atoms with Crippen LogP contribution in [0, 0.1) is 0 Å². The molecule has 1 aromatic heterocycles. The second-order valence-corrected chi connectivity index (χ2v) is 4.09. The number of halogens is 1. The van der Waals surface area contributed by atoms with E-state index in [0.29, 0.717) is 5.84 Å². The number of aliphatic imine (C=N–C) groups is 1. The number of fused-ring (bicyclic) bond motifs is 1. The molecule has 0 aliphatic carbocycles. The molecule has 0 aliphatic heterocycles. The number of alkyl halides is 1. The van der Waals surface area contributed by atoms with Gasteiger partial charge in [0.1, 0.15) is 5.84 Å². The van der Waals surface area contributed by atoms with Gasteiger partial charge in [-0.2, -0.15) is 0 Å². The summed E-state index contributed by atoms with van der Waals surface area (Å²) in [6.07, 6.45) is 0. The van der Waals surface area contributed by atoms with Crippen molar-refractivity contribution < 1.29 is 0 Å². The third kappa shape index (κ3) is 1.89. The molecule has 0 fully saturated rings. The van der Waals surface area contributed by atoms with E-state index in [9.17, 15) is 0 Å². The number of nitrogens with zero attached hydrogens (tertiary/aromatic N) is 1. The highest BCUT2D eigenvalue weighted by molar-refractivity contribution is 7.17. The van der Waals surface area contributed by atoms with Crippen LogP contribution in [0.15, 0.2) is 34.6 Å². The van der Waals surface area contributed by atoms with Crippen molar-refractivity contribution in [3.05, 3.63) is 29.6 Å². The lowest BCUT2D eigenvalue weighted by Gasteiger charge is -1.96. The van der Waals surface area contributed by atoms with Gasteiger partial charge in [-0.25, -0.2) is 4.99 Å². The molecule has 0 aliphatic rings. The smallest absolute Gasteiger partial charge is 0.115 e. The van der Waals surface area contributed by atoms with E-state index in [0.717, 1.165) is 5.69 Å². The van der Waals surface area contributed by atoms with Gasteiger partial charge in [-0.1, -0.05) is 6.07 Å². The van der Waals surface area contributed by atoms with E-state index < -0.39 is 0 Å². The highest BCUT2D eigenvalue weighted by Crippen LogP contribution is 2.25. The van der Waals surface area contributed by atoms with E-state index in [-0.39, 0.29) is 5.88 Å². The normalized spacial score (nSPS) is 12.2. The van der Waals surface area contributed by atoms with Crippen molar-refractivity contribution in [1.82, 2.24) is 0 Å². The minimum atomic E-state index is 0.266. The fourth-order valence-corrected chi connectivity index (χ4v) is 2.09. The lowest BCUT2D eigenvalue weighted by molar-refractivity contribution is 1.47. The molecule has 0 unspecified atom stereocenters. The van der Waals surface area contributed by atoms with Gasteiger partial charge >= 0.3 is 0 Å². The minimum absolute atomic E-state index is 0.266. The van der Waals surface area contributed by atoms with Crippen LogP contribution in [0.1, 0.15) is 0 Å². The molecule has 2 N–H and O–H groups in total. The van der Waals surface area contributed by atoms with Crippen LogP contribution in [-0.2, 0) is 0 Å². The molecule has 14 heavy (non-hydrogen) atoms.